The van der Waals surface area contributed by atoms with Crippen molar-refractivity contribution in [2.45, 2.75) is 206 Å². The number of hydrogen-bond acceptors (Lipinski definition) is 36. The van der Waals surface area contributed by atoms with E-state index in [0.29, 0.717) is 11.4 Å². The number of aliphatic carboxylic acids is 3. The van der Waals surface area contributed by atoms with Crippen molar-refractivity contribution >= 4 is 121 Å². The first-order valence-corrected chi connectivity index (χ1v) is 38.5. The van der Waals surface area contributed by atoms with Crippen molar-refractivity contribution in [1.29, 1.82) is 0 Å². The molecule has 2 heterocycles. The fourth-order valence-corrected chi connectivity index (χ4v) is 11.6. The van der Waals surface area contributed by atoms with Crippen molar-refractivity contribution in [2.24, 2.45) is 0 Å². The number of nitrogen functional groups attached to an aromatic ring is 1. The highest BCUT2D eigenvalue weighted by atomic mass is 33.1. The molecule has 0 fully saturated rings. The lowest BCUT2D eigenvalue weighted by atomic mass is 10.0. The standard InChI is InChI=1S/C66H102N16O32S2/c1-28(73-58(106)29-4-6-30(7-5-29)68-19-31-20-72-57-50(74-31)64(112)82-66(67)81-57)3-13-47(95)75-32(8-14-44(92)69-21-38(86)51(100)54(103)41(89)24-83)59(107)78-35(11-17-48(96)97)61(109)76-33(9-15-45(93)70-22-39(87)52(101)55(104)42(90)25-84)60(108)79-36(12-18-49(98)99)62(110)77-34(63(111)80-37(65(113)114)27-116-115-2)10-16-46(94)71-23-40(88)53(102)56(105)43(91)26-85/h4-7,20,28,32-43,51-56,68,83-91,100-105H,3,8-19,21-27H2,1-2H3,(H,69,92)(H,70,93)(H,71,94)(H,73,106)(H,75,95)(H,76,109)(H,77,110)(H,78,107)(H,79,108)(H,80,111)(H,96,97)(H,98,99)(H,113,114)(H3,67,72,81,82,112)/t28-,32+,33+,34+,35-,36-,37-,38+,39+,40+,41-,42-,43-,51-,52-,53-,54-,55-,56-/m1/s1. The number of hydrogen-bond donors (Lipinski definition) is 31. The van der Waals surface area contributed by atoms with E-state index in [4.69, 9.17) is 10.8 Å². The number of anilines is 2. The number of aliphatic hydroxyl groups is 15. The molecule has 48 nitrogen and oxygen atoms in total. The molecule has 3 aromatic rings. The Balaban J connectivity index is 2.03. The van der Waals surface area contributed by atoms with Crippen LogP contribution in [0, 0.1) is 0 Å². The van der Waals surface area contributed by atoms with E-state index in [2.05, 4.69) is 78.4 Å². The number of carboxylic acids is 3. The van der Waals surface area contributed by atoms with Crippen LogP contribution < -0.4 is 69.8 Å². The molecule has 0 saturated carbocycles. The molecule has 19 atom stereocenters. The van der Waals surface area contributed by atoms with E-state index in [0.717, 1.165) is 21.6 Å². The van der Waals surface area contributed by atoms with Crippen LogP contribution in [0.4, 0.5) is 11.6 Å². The Kier molecular flexibility index (Phi) is 44.5. The van der Waals surface area contributed by atoms with E-state index in [-0.39, 0.29) is 41.4 Å². The van der Waals surface area contributed by atoms with Crippen molar-refractivity contribution in [2.75, 3.05) is 62.5 Å². The molecule has 0 aliphatic rings. The van der Waals surface area contributed by atoms with Crippen molar-refractivity contribution in [3.05, 3.63) is 52.1 Å². The molecule has 0 bridgehead atoms. The molecule has 1 aromatic carbocycles. The molecule has 0 aliphatic carbocycles. The lowest BCUT2D eigenvalue weighted by molar-refractivity contribution is -0.142. The smallest absolute Gasteiger partial charge is 0.327 e. The molecule has 116 heavy (non-hydrogen) atoms. The van der Waals surface area contributed by atoms with E-state index in [1.807, 2.05) is 0 Å². The zero-order valence-electron chi connectivity index (χ0n) is 62.5. The number of aromatic amines is 1. The van der Waals surface area contributed by atoms with Crippen molar-refractivity contribution < 1.29 is 154 Å². The molecule has 2 aromatic heterocycles. The number of nitrogens with zero attached hydrogens (tertiary/aromatic N) is 3. The number of H-pyrrole nitrogens is 1. The molecule has 10 amide bonds. The number of fused-ring (bicyclic) bond motifs is 1. The highest BCUT2D eigenvalue weighted by Gasteiger charge is 2.38. The van der Waals surface area contributed by atoms with Gasteiger partial charge in [0.1, 0.15) is 91.2 Å². The number of carbonyl (C=O) groups is 13. The SMILES string of the molecule is CSSC[C@@H](NC(=O)[C@H](CCC(=O)NC[C@H](O)[C@@H](O)[C@H](O)[C@H](O)CO)NC(=O)[C@@H](CCC(=O)O)NC(=O)[C@H](CCC(=O)NC[C@H](O)[C@@H](O)[C@H](O)[C@H](O)CO)NC(=O)[C@@H](CCC(=O)O)NC(=O)[C@H](CCC(=O)NC[C@H](O)[C@@H](O)[C@H](O)[C@H](O)CO)NC(=O)CC[C@@H](C)NC(=O)c1ccc(NCc2cnc3nc(N)[nH]c(=O)c3n2)cc1)C(=O)O. The maximum atomic E-state index is 14.7. The summed E-state index contributed by atoms with van der Waals surface area (Å²) in [6, 6.07) is -6.83. The first kappa shape index (κ1) is 100. The van der Waals surface area contributed by atoms with Crippen LogP contribution in [0.25, 0.3) is 11.2 Å². The Labute approximate surface area is 666 Å². The second kappa shape index (κ2) is 51.4. The van der Waals surface area contributed by atoms with Gasteiger partial charge in [-0.15, -0.1) is 0 Å². The summed E-state index contributed by atoms with van der Waals surface area (Å²) in [7, 11) is 2.05. The number of rotatable bonds is 56. The summed E-state index contributed by atoms with van der Waals surface area (Å²) in [6.45, 7) is -4.21. The Morgan fingerprint density at radius 3 is 1.17 bits per heavy atom. The van der Waals surface area contributed by atoms with Gasteiger partial charge in [0.2, 0.25) is 59.1 Å². The summed E-state index contributed by atoms with van der Waals surface area (Å²) in [6.07, 6.45) is -31.3. The quantitative estimate of drug-likeness (QED) is 0.0233. The van der Waals surface area contributed by atoms with E-state index in [9.17, 15) is 154 Å². The number of benzene rings is 1. The second-order valence-electron chi connectivity index (χ2n) is 26.3. The molecular formula is C66H102N16O32S2. The number of carbonyl (C=O) groups excluding carboxylic acids is 10. The van der Waals surface area contributed by atoms with E-state index < -0.39 is 308 Å². The molecule has 3 rings (SSSR count). The van der Waals surface area contributed by atoms with Crippen LogP contribution in [0.5, 0.6) is 0 Å². The van der Waals surface area contributed by atoms with E-state index >= 15 is 0 Å². The molecule has 0 saturated heterocycles. The van der Waals surface area contributed by atoms with Crippen LogP contribution in [0.2, 0.25) is 0 Å². The van der Waals surface area contributed by atoms with Crippen molar-refractivity contribution in [3.8, 4) is 0 Å². The highest BCUT2D eigenvalue weighted by Crippen LogP contribution is 2.19. The van der Waals surface area contributed by atoms with Gasteiger partial charge < -0.3 is 156 Å². The Bertz CT molecular complexity index is 3810. The van der Waals surface area contributed by atoms with Gasteiger partial charge in [0.25, 0.3) is 11.5 Å². The predicted octanol–water partition coefficient (Wildman–Crippen LogP) is -12.5. The Morgan fingerprint density at radius 2 is 0.810 bits per heavy atom. The van der Waals surface area contributed by atoms with Crippen LogP contribution in [0.3, 0.4) is 0 Å². The molecular weight excluding hydrogens is 1590 g/mol. The first-order chi connectivity index (χ1) is 54.6. The summed E-state index contributed by atoms with van der Waals surface area (Å²) in [5.74, 6) is -17.2. The fourth-order valence-electron chi connectivity index (χ4n) is 10.3. The zero-order valence-corrected chi connectivity index (χ0v) is 64.1. The lowest BCUT2D eigenvalue weighted by Gasteiger charge is -2.28. The van der Waals surface area contributed by atoms with Gasteiger partial charge in [0.15, 0.2) is 11.2 Å². The molecule has 650 valence electrons. The summed E-state index contributed by atoms with van der Waals surface area (Å²) in [5.41, 5.74) is 5.94. The van der Waals surface area contributed by atoms with Crippen LogP contribution >= 0.6 is 21.6 Å². The molecule has 0 radical (unpaired) electrons. The summed E-state index contributed by atoms with van der Waals surface area (Å²) >= 11 is 0. The summed E-state index contributed by atoms with van der Waals surface area (Å²) < 4.78 is 0. The summed E-state index contributed by atoms with van der Waals surface area (Å²) in [4.78, 5) is 203. The summed E-state index contributed by atoms with van der Waals surface area (Å²) in [5, 5.41) is 204. The third-order valence-electron chi connectivity index (χ3n) is 17.2. The van der Waals surface area contributed by atoms with Gasteiger partial charge in [0, 0.05) is 81.2 Å². The van der Waals surface area contributed by atoms with Gasteiger partial charge in [-0.05, 0) is 76.0 Å². The number of nitrogens with one attached hydrogen (secondary N) is 12. The predicted molar refractivity (Wildman–Crippen MR) is 401 cm³/mol. The van der Waals surface area contributed by atoms with Crippen LogP contribution in [-0.2, 0) is 64.1 Å². The van der Waals surface area contributed by atoms with Crippen LogP contribution in [-0.4, -0.2) is 356 Å². The topological polar surface area (TPSA) is 816 Å². The van der Waals surface area contributed by atoms with Crippen LogP contribution in [0.15, 0.2) is 35.3 Å². The molecule has 50 heteroatoms. The second-order valence-corrected chi connectivity index (χ2v) is 28.9. The minimum Gasteiger partial charge on any atom is -0.481 e. The highest BCUT2D eigenvalue weighted by molar-refractivity contribution is 8.76. The lowest BCUT2D eigenvalue weighted by Crippen LogP contribution is -2.60. The van der Waals surface area contributed by atoms with E-state index in [1.165, 1.54) is 25.3 Å². The molecule has 0 aliphatic heterocycles. The zero-order chi connectivity index (χ0) is 87.2. The fraction of sp³-hybridized carbons (Fsp3) is 0.621. The molecule has 0 spiro atoms. The van der Waals surface area contributed by atoms with Gasteiger partial charge in [-0.3, -0.25) is 67.3 Å². The molecule has 0 unspecified atom stereocenters. The Hall–Kier alpha value is -9.75. The third kappa shape index (κ3) is 35.4. The maximum Gasteiger partial charge on any atom is 0.327 e. The van der Waals surface area contributed by atoms with Gasteiger partial charge in [-0.2, -0.15) is 4.98 Å². The minimum absolute atomic E-state index is 0.0244. The normalized spacial score (nSPS) is 16.4. The van der Waals surface area contributed by atoms with E-state index in [1.54, 1.807) is 18.4 Å². The van der Waals surface area contributed by atoms with Crippen molar-refractivity contribution in [1.82, 2.24) is 73.1 Å². The number of carboxylic acid groups (broad SMARTS) is 3. The monoisotopic (exact) mass is 1690 g/mol. The average molecular weight is 1700 g/mol. The van der Waals surface area contributed by atoms with Crippen molar-refractivity contribution in [3.63, 3.8) is 0 Å². The average Bonchev–Trinajstić information content (AvgIpc) is 0.802. The van der Waals surface area contributed by atoms with Gasteiger partial charge in [-0.25, -0.2) is 14.8 Å². The first-order valence-electron chi connectivity index (χ1n) is 35.7. The van der Waals surface area contributed by atoms with Crippen LogP contribution in [0.1, 0.15) is 100 Å². The largest absolute Gasteiger partial charge is 0.481 e. The number of aromatic nitrogens is 4. The number of amides is 10. The van der Waals surface area contributed by atoms with Gasteiger partial charge in [0.05, 0.1) is 56.6 Å². The third-order valence-corrected chi connectivity index (χ3v) is 19.0. The van der Waals surface area contributed by atoms with Gasteiger partial charge in [-0.1, -0.05) is 21.6 Å². The number of aliphatic hydroxyl groups excluding tert-OH is 15. The minimum atomic E-state index is -2.22. The molecule has 32 N–H and O–H groups in total. The van der Waals surface area contributed by atoms with Gasteiger partial charge >= 0.3 is 17.9 Å². The Morgan fingerprint density at radius 1 is 0.457 bits per heavy atom. The maximum absolute atomic E-state index is 14.7. The number of nitrogens with two attached hydrogens (primary N) is 1.